The zero-order valence-corrected chi connectivity index (χ0v) is 11.8. The number of rotatable bonds is 2. The zero-order chi connectivity index (χ0) is 15.5. The fourth-order valence-electron chi connectivity index (χ4n) is 2.32. The Hall–Kier alpha value is -3.08. The van der Waals surface area contributed by atoms with Gasteiger partial charge in [-0.1, -0.05) is 30.8 Å². The van der Waals surface area contributed by atoms with Crippen LogP contribution in [0.5, 0.6) is 0 Å². The molecule has 2 aromatic carbocycles. The number of allylic oxidation sites excluding steroid dienone is 1. The summed E-state index contributed by atoms with van der Waals surface area (Å²) in [5.41, 5.74) is 4.04. The van der Waals surface area contributed by atoms with Gasteiger partial charge in [0, 0.05) is 29.1 Å². The number of imide groups is 1. The van der Waals surface area contributed by atoms with Crippen LogP contribution in [0.1, 0.15) is 15.9 Å². The van der Waals surface area contributed by atoms with Gasteiger partial charge in [-0.25, -0.2) is 4.79 Å². The standard InChI is InChI=1S/C17H15N3O2/c1-11-9-13-7-8-14(10-15(13)18-11)19-17(22)20-16(21)12-5-3-2-4-6-12/h2-8,10,18H,1,9H2,(H2,19,20,21,22). The zero-order valence-electron chi connectivity index (χ0n) is 11.8. The Bertz CT molecular complexity index is 754. The van der Waals surface area contributed by atoms with Gasteiger partial charge in [-0.3, -0.25) is 10.1 Å². The van der Waals surface area contributed by atoms with Gasteiger partial charge >= 0.3 is 6.03 Å². The van der Waals surface area contributed by atoms with Crippen molar-refractivity contribution >= 4 is 23.3 Å². The fourth-order valence-corrected chi connectivity index (χ4v) is 2.32. The summed E-state index contributed by atoms with van der Waals surface area (Å²) in [6, 6.07) is 13.6. The van der Waals surface area contributed by atoms with E-state index >= 15 is 0 Å². The Morgan fingerprint density at radius 3 is 2.64 bits per heavy atom. The number of carbonyl (C=O) groups excluding carboxylic acids is 2. The van der Waals surface area contributed by atoms with Gasteiger partial charge in [-0.05, 0) is 29.8 Å². The number of hydrogen-bond donors (Lipinski definition) is 3. The Kier molecular flexibility index (Phi) is 3.62. The molecule has 0 saturated heterocycles. The first-order valence-electron chi connectivity index (χ1n) is 6.87. The van der Waals surface area contributed by atoms with Gasteiger partial charge in [-0.2, -0.15) is 0 Å². The highest BCUT2D eigenvalue weighted by molar-refractivity contribution is 6.08. The molecule has 22 heavy (non-hydrogen) atoms. The molecule has 1 heterocycles. The normalized spacial score (nSPS) is 12.3. The molecule has 5 heteroatoms. The van der Waals surface area contributed by atoms with Crippen LogP contribution in [-0.2, 0) is 6.42 Å². The molecule has 3 rings (SSSR count). The minimum Gasteiger partial charge on any atom is -0.359 e. The molecule has 0 spiro atoms. The molecule has 3 N–H and O–H groups in total. The van der Waals surface area contributed by atoms with Gasteiger partial charge in [-0.15, -0.1) is 0 Å². The summed E-state index contributed by atoms with van der Waals surface area (Å²) < 4.78 is 0. The third-order valence-corrected chi connectivity index (χ3v) is 3.35. The quantitative estimate of drug-likeness (QED) is 0.796. The predicted molar refractivity (Wildman–Crippen MR) is 85.8 cm³/mol. The first kappa shape index (κ1) is 13.9. The van der Waals surface area contributed by atoms with Gasteiger partial charge in [0.1, 0.15) is 0 Å². The van der Waals surface area contributed by atoms with E-state index in [1.54, 1.807) is 30.3 Å². The van der Waals surface area contributed by atoms with Crippen LogP contribution >= 0.6 is 0 Å². The molecule has 1 aliphatic rings. The van der Waals surface area contributed by atoms with Crippen LogP contribution in [-0.4, -0.2) is 11.9 Å². The van der Waals surface area contributed by atoms with E-state index in [1.165, 1.54) is 0 Å². The lowest BCUT2D eigenvalue weighted by molar-refractivity contribution is 0.0967. The first-order valence-corrected chi connectivity index (χ1v) is 6.87. The second-order valence-electron chi connectivity index (χ2n) is 5.05. The van der Waals surface area contributed by atoms with E-state index in [0.717, 1.165) is 23.4 Å². The number of carbonyl (C=O) groups is 2. The summed E-state index contributed by atoms with van der Waals surface area (Å²) in [5, 5.41) is 8.09. The van der Waals surface area contributed by atoms with Crippen molar-refractivity contribution in [3.63, 3.8) is 0 Å². The molecule has 0 radical (unpaired) electrons. The predicted octanol–water partition coefficient (Wildman–Crippen LogP) is 3.13. The van der Waals surface area contributed by atoms with Gasteiger partial charge in [0.15, 0.2) is 0 Å². The molecular formula is C17H15N3O2. The van der Waals surface area contributed by atoms with Crippen LogP contribution in [0.3, 0.4) is 0 Å². The highest BCUT2D eigenvalue weighted by Crippen LogP contribution is 2.29. The average Bonchev–Trinajstić information content (AvgIpc) is 2.87. The lowest BCUT2D eigenvalue weighted by atomic mass is 10.1. The Morgan fingerprint density at radius 2 is 1.86 bits per heavy atom. The Balaban J connectivity index is 1.64. The molecule has 0 unspecified atom stereocenters. The highest BCUT2D eigenvalue weighted by Gasteiger charge is 2.15. The summed E-state index contributed by atoms with van der Waals surface area (Å²) in [6.45, 7) is 3.88. The third-order valence-electron chi connectivity index (χ3n) is 3.35. The lowest BCUT2D eigenvalue weighted by Crippen LogP contribution is -2.34. The molecule has 0 fully saturated rings. The van der Waals surface area contributed by atoms with E-state index in [2.05, 4.69) is 22.5 Å². The maximum absolute atomic E-state index is 11.9. The van der Waals surface area contributed by atoms with Gasteiger partial charge in [0.2, 0.25) is 0 Å². The minimum absolute atomic E-state index is 0.435. The smallest absolute Gasteiger partial charge is 0.326 e. The van der Waals surface area contributed by atoms with Crippen molar-refractivity contribution < 1.29 is 9.59 Å². The Labute approximate surface area is 128 Å². The topological polar surface area (TPSA) is 70.2 Å². The van der Waals surface area contributed by atoms with Gasteiger partial charge in [0.05, 0.1) is 0 Å². The lowest BCUT2D eigenvalue weighted by Gasteiger charge is -2.08. The van der Waals surface area contributed by atoms with E-state index in [-0.39, 0.29) is 0 Å². The summed E-state index contributed by atoms with van der Waals surface area (Å²) in [7, 11) is 0. The number of urea groups is 1. The van der Waals surface area contributed by atoms with E-state index in [1.807, 2.05) is 18.2 Å². The van der Waals surface area contributed by atoms with E-state index < -0.39 is 11.9 Å². The highest BCUT2D eigenvalue weighted by atomic mass is 16.2. The first-order chi connectivity index (χ1) is 10.6. The van der Waals surface area contributed by atoms with Crippen molar-refractivity contribution in [3.05, 3.63) is 71.9 Å². The van der Waals surface area contributed by atoms with Gasteiger partial charge in [0.25, 0.3) is 5.91 Å². The second kappa shape index (κ2) is 5.73. The molecule has 5 nitrogen and oxygen atoms in total. The maximum Gasteiger partial charge on any atom is 0.326 e. The molecule has 110 valence electrons. The average molecular weight is 293 g/mol. The van der Waals surface area contributed by atoms with E-state index in [9.17, 15) is 9.59 Å². The second-order valence-corrected chi connectivity index (χ2v) is 5.05. The van der Waals surface area contributed by atoms with Crippen molar-refractivity contribution in [2.75, 3.05) is 10.6 Å². The van der Waals surface area contributed by atoms with Crippen LogP contribution < -0.4 is 16.0 Å². The number of anilines is 2. The molecule has 0 bridgehead atoms. The molecule has 2 aromatic rings. The molecule has 0 atom stereocenters. The van der Waals surface area contributed by atoms with Crippen LogP contribution in [0.4, 0.5) is 16.2 Å². The molecule has 1 aliphatic heterocycles. The molecule has 0 aliphatic carbocycles. The Morgan fingerprint density at radius 1 is 1.09 bits per heavy atom. The maximum atomic E-state index is 11.9. The van der Waals surface area contributed by atoms with Gasteiger partial charge < -0.3 is 10.6 Å². The number of benzene rings is 2. The molecule has 0 saturated carbocycles. The SMILES string of the molecule is C=C1Cc2ccc(NC(=O)NC(=O)c3ccccc3)cc2N1. The molecule has 0 aromatic heterocycles. The van der Waals surface area contributed by atoms with Crippen molar-refractivity contribution in [1.82, 2.24) is 5.32 Å². The van der Waals surface area contributed by atoms with Crippen LogP contribution in [0.2, 0.25) is 0 Å². The number of fused-ring (bicyclic) bond motifs is 1. The summed E-state index contributed by atoms with van der Waals surface area (Å²) in [6.07, 6.45) is 0.786. The van der Waals surface area contributed by atoms with Crippen LogP contribution in [0, 0.1) is 0 Å². The van der Waals surface area contributed by atoms with Crippen molar-refractivity contribution in [2.24, 2.45) is 0 Å². The fraction of sp³-hybridized carbons (Fsp3) is 0.0588. The van der Waals surface area contributed by atoms with E-state index in [4.69, 9.17) is 0 Å². The third kappa shape index (κ3) is 2.98. The number of amides is 3. The number of hydrogen-bond acceptors (Lipinski definition) is 3. The number of nitrogens with one attached hydrogen (secondary N) is 3. The largest absolute Gasteiger partial charge is 0.359 e. The summed E-state index contributed by atoms with van der Waals surface area (Å²) in [5.74, 6) is -0.439. The minimum atomic E-state index is -0.564. The van der Waals surface area contributed by atoms with Crippen molar-refractivity contribution in [1.29, 1.82) is 0 Å². The molecule has 3 amide bonds. The monoisotopic (exact) mass is 293 g/mol. The molecular weight excluding hydrogens is 278 g/mol. The summed E-state index contributed by atoms with van der Waals surface area (Å²) >= 11 is 0. The van der Waals surface area contributed by atoms with E-state index in [0.29, 0.717) is 11.3 Å². The van der Waals surface area contributed by atoms with Crippen LogP contribution in [0.15, 0.2) is 60.8 Å². The summed E-state index contributed by atoms with van der Waals surface area (Å²) in [4.78, 5) is 23.8. The van der Waals surface area contributed by atoms with Crippen molar-refractivity contribution in [3.8, 4) is 0 Å². The van der Waals surface area contributed by atoms with Crippen LogP contribution in [0.25, 0.3) is 0 Å². The van der Waals surface area contributed by atoms with Crippen molar-refractivity contribution in [2.45, 2.75) is 6.42 Å².